The van der Waals surface area contributed by atoms with Crippen LogP contribution in [0, 0.1) is 0 Å². The van der Waals surface area contributed by atoms with Gasteiger partial charge in [0.05, 0.1) is 20.9 Å². The molecule has 18 heavy (non-hydrogen) atoms. The van der Waals surface area contributed by atoms with E-state index in [0.29, 0.717) is 10.7 Å². The third-order valence-electron chi connectivity index (χ3n) is 2.30. The molecular formula is C12H8ClN3S2. The smallest absolute Gasteiger partial charge is 0.157 e. The van der Waals surface area contributed by atoms with E-state index in [1.54, 1.807) is 23.6 Å². The topological polar surface area (TPSA) is 51.8 Å². The van der Waals surface area contributed by atoms with Gasteiger partial charge in [-0.15, -0.1) is 11.3 Å². The molecule has 90 valence electrons. The van der Waals surface area contributed by atoms with Crippen LogP contribution in [-0.4, -0.2) is 9.97 Å². The minimum atomic E-state index is 0.543. The maximum absolute atomic E-state index is 5.87. The Morgan fingerprint density at radius 1 is 1.28 bits per heavy atom. The second kappa shape index (κ2) is 4.76. The molecule has 0 radical (unpaired) electrons. The number of rotatable bonds is 2. The molecule has 0 atom stereocenters. The molecule has 0 bridgehead atoms. The van der Waals surface area contributed by atoms with E-state index in [-0.39, 0.29) is 0 Å². The van der Waals surface area contributed by atoms with E-state index in [1.807, 2.05) is 18.2 Å². The van der Waals surface area contributed by atoms with E-state index >= 15 is 0 Å². The number of nitrogens with zero attached hydrogens (tertiary/aromatic N) is 2. The summed E-state index contributed by atoms with van der Waals surface area (Å²) in [6, 6.07) is 9.73. The Balaban J connectivity index is 1.96. The predicted molar refractivity (Wildman–Crippen MR) is 77.4 cm³/mol. The third kappa shape index (κ3) is 2.29. The summed E-state index contributed by atoms with van der Waals surface area (Å²) in [5, 5.41) is 1.28. The summed E-state index contributed by atoms with van der Waals surface area (Å²) in [5.74, 6) is 0. The van der Waals surface area contributed by atoms with Gasteiger partial charge in [-0.2, -0.15) is 0 Å². The number of halogens is 1. The molecule has 3 aromatic rings. The lowest BCUT2D eigenvalue weighted by Gasteiger charge is -2.01. The molecule has 1 aromatic carbocycles. The standard InChI is InChI=1S/C12H8ClN3S2/c13-7-5-8(14)11(15-6-7)18-12-16-9-3-1-2-4-10(9)17-12/h1-6H,14H2. The monoisotopic (exact) mass is 293 g/mol. The molecule has 0 saturated heterocycles. The molecule has 0 fully saturated rings. The Hall–Kier alpha value is -1.30. The van der Waals surface area contributed by atoms with Gasteiger partial charge in [0.25, 0.3) is 0 Å². The summed E-state index contributed by atoms with van der Waals surface area (Å²) in [6.45, 7) is 0. The van der Waals surface area contributed by atoms with Crippen LogP contribution in [0.2, 0.25) is 5.02 Å². The predicted octanol–water partition coefficient (Wildman–Crippen LogP) is 4.08. The van der Waals surface area contributed by atoms with E-state index in [1.165, 1.54) is 11.8 Å². The summed E-state index contributed by atoms with van der Waals surface area (Å²) in [7, 11) is 0. The molecule has 0 amide bonds. The highest BCUT2D eigenvalue weighted by Gasteiger charge is 2.09. The van der Waals surface area contributed by atoms with Crippen LogP contribution in [0.4, 0.5) is 5.69 Å². The number of para-hydroxylation sites is 1. The van der Waals surface area contributed by atoms with E-state index < -0.39 is 0 Å². The first-order valence-corrected chi connectivity index (χ1v) is 7.18. The van der Waals surface area contributed by atoms with Crippen molar-refractivity contribution in [3.05, 3.63) is 41.6 Å². The van der Waals surface area contributed by atoms with Crippen LogP contribution in [0.1, 0.15) is 0 Å². The van der Waals surface area contributed by atoms with Crippen LogP contribution in [0.5, 0.6) is 0 Å². The van der Waals surface area contributed by atoms with Crippen LogP contribution in [-0.2, 0) is 0 Å². The number of hydrogen-bond acceptors (Lipinski definition) is 5. The van der Waals surface area contributed by atoms with E-state index in [0.717, 1.165) is 19.6 Å². The molecule has 2 heterocycles. The van der Waals surface area contributed by atoms with E-state index in [9.17, 15) is 0 Å². The van der Waals surface area contributed by atoms with Crippen molar-refractivity contribution in [1.82, 2.24) is 9.97 Å². The van der Waals surface area contributed by atoms with E-state index in [2.05, 4.69) is 16.0 Å². The van der Waals surface area contributed by atoms with Crippen LogP contribution < -0.4 is 5.73 Å². The first-order valence-electron chi connectivity index (χ1n) is 5.17. The fraction of sp³-hybridized carbons (Fsp3) is 0. The first-order chi connectivity index (χ1) is 8.72. The number of aromatic nitrogens is 2. The number of benzene rings is 1. The summed E-state index contributed by atoms with van der Waals surface area (Å²) in [5.41, 5.74) is 7.45. The largest absolute Gasteiger partial charge is 0.396 e. The van der Waals surface area contributed by atoms with Crippen LogP contribution in [0.15, 0.2) is 45.9 Å². The molecule has 0 aliphatic carbocycles. The lowest BCUT2D eigenvalue weighted by Crippen LogP contribution is -1.91. The SMILES string of the molecule is Nc1cc(Cl)cnc1Sc1nc2ccccc2s1. The van der Waals surface area contributed by atoms with Gasteiger partial charge in [0.1, 0.15) is 5.03 Å². The van der Waals surface area contributed by atoms with Gasteiger partial charge in [-0.25, -0.2) is 9.97 Å². The number of fused-ring (bicyclic) bond motifs is 1. The second-order valence-corrected chi connectivity index (χ2v) is 6.30. The van der Waals surface area contributed by atoms with Crippen molar-refractivity contribution in [3.63, 3.8) is 0 Å². The lowest BCUT2D eigenvalue weighted by molar-refractivity contribution is 1.14. The zero-order valence-corrected chi connectivity index (χ0v) is 11.5. The number of nitrogen functional groups attached to an aromatic ring is 1. The average molecular weight is 294 g/mol. The number of hydrogen-bond donors (Lipinski definition) is 1. The minimum absolute atomic E-state index is 0.543. The van der Waals surface area contributed by atoms with Crippen molar-refractivity contribution in [2.24, 2.45) is 0 Å². The highest BCUT2D eigenvalue weighted by atomic mass is 35.5. The normalized spacial score (nSPS) is 10.9. The Kier molecular flexibility index (Phi) is 3.11. The van der Waals surface area contributed by atoms with Gasteiger partial charge >= 0.3 is 0 Å². The van der Waals surface area contributed by atoms with Gasteiger partial charge in [0.15, 0.2) is 4.34 Å². The number of thiazole rings is 1. The lowest BCUT2D eigenvalue weighted by atomic mass is 10.3. The molecule has 2 aromatic heterocycles. The van der Waals surface area contributed by atoms with Gasteiger partial charge in [0.2, 0.25) is 0 Å². The first kappa shape index (κ1) is 11.8. The molecule has 0 saturated carbocycles. The van der Waals surface area contributed by atoms with Crippen molar-refractivity contribution in [3.8, 4) is 0 Å². The van der Waals surface area contributed by atoms with Gasteiger partial charge in [-0.1, -0.05) is 23.7 Å². The fourth-order valence-corrected chi connectivity index (χ4v) is 3.63. The van der Waals surface area contributed by atoms with Gasteiger partial charge < -0.3 is 5.73 Å². The molecule has 3 rings (SSSR count). The number of anilines is 1. The van der Waals surface area contributed by atoms with Crippen LogP contribution >= 0.6 is 34.7 Å². The van der Waals surface area contributed by atoms with Gasteiger partial charge in [0, 0.05) is 6.20 Å². The fourth-order valence-electron chi connectivity index (χ4n) is 1.51. The summed E-state index contributed by atoms with van der Waals surface area (Å²) in [6.07, 6.45) is 1.59. The summed E-state index contributed by atoms with van der Waals surface area (Å²) in [4.78, 5) is 8.74. The zero-order chi connectivity index (χ0) is 12.5. The van der Waals surface area contributed by atoms with Crippen molar-refractivity contribution in [2.45, 2.75) is 9.37 Å². The molecule has 0 aliphatic rings. The highest BCUT2D eigenvalue weighted by molar-refractivity contribution is 8.01. The molecule has 2 N–H and O–H groups in total. The zero-order valence-electron chi connectivity index (χ0n) is 9.13. The van der Waals surface area contributed by atoms with E-state index in [4.69, 9.17) is 17.3 Å². The van der Waals surface area contributed by atoms with Gasteiger partial charge in [-0.05, 0) is 30.0 Å². The van der Waals surface area contributed by atoms with Crippen molar-refractivity contribution in [1.29, 1.82) is 0 Å². The Labute approximate surface area is 117 Å². The second-order valence-electron chi connectivity index (χ2n) is 3.60. The number of pyridine rings is 1. The number of nitrogens with two attached hydrogens (primary N) is 1. The maximum Gasteiger partial charge on any atom is 0.157 e. The Morgan fingerprint density at radius 2 is 2.11 bits per heavy atom. The van der Waals surface area contributed by atoms with Crippen molar-refractivity contribution >= 4 is 50.6 Å². The van der Waals surface area contributed by atoms with Gasteiger partial charge in [-0.3, -0.25) is 0 Å². The molecule has 0 spiro atoms. The third-order valence-corrected chi connectivity index (χ3v) is 4.64. The van der Waals surface area contributed by atoms with Crippen molar-refractivity contribution in [2.75, 3.05) is 5.73 Å². The molecule has 0 aliphatic heterocycles. The van der Waals surface area contributed by atoms with Crippen LogP contribution in [0.3, 0.4) is 0 Å². The molecule has 6 heteroatoms. The molecule has 0 unspecified atom stereocenters. The molecular weight excluding hydrogens is 286 g/mol. The average Bonchev–Trinajstić information content (AvgIpc) is 2.75. The maximum atomic E-state index is 5.87. The highest BCUT2D eigenvalue weighted by Crippen LogP contribution is 2.36. The minimum Gasteiger partial charge on any atom is -0.396 e. The Bertz CT molecular complexity index is 678. The summed E-state index contributed by atoms with van der Waals surface area (Å²) >= 11 is 8.91. The Morgan fingerprint density at radius 3 is 2.89 bits per heavy atom. The van der Waals surface area contributed by atoms with Crippen LogP contribution in [0.25, 0.3) is 10.2 Å². The van der Waals surface area contributed by atoms with Crippen molar-refractivity contribution < 1.29 is 0 Å². The molecule has 3 nitrogen and oxygen atoms in total. The quantitative estimate of drug-likeness (QED) is 0.773. The summed E-state index contributed by atoms with van der Waals surface area (Å²) < 4.78 is 2.09.